The lowest BCUT2D eigenvalue weighted by molar-refractivity contribution is -0.140. The minimum absolute atomic E-state index is 0.135. The van der Waals surface area contributed by atoms with Crippen LogP contribution in [0.5, 0.6) is 0 Å². The van der Waals surface area contributed by atoms with Crippen molar-refractivity contribution >= 4 is 23.5 Å². The summed E-state index contributed by atoms with van der Waals surface area (Å²) in [4.78, 5) is 36.6. The molecule has 2 rings (SSSR count). The Kier molecular flexibility index (Phi) is 6.14. The summed E-state index contributed by atoms with van der Waals surface area (Å²) in [5.74, 6) is -0.336. The topological polar surface area (TPSA) is 75.7 Å². The lowest BCUT2D eigenvalue weighted by Crippen LogP contribution is -2.35. The van der Waals surface area contributed by atoms with Crippen LogP contribution in [-0.2, 0) is 14.3 Å². The highest BCUT2D eigenvalue weighted by molar-refractivity contribution is 5.96. The molecule has 6 heteroatoms. The molecule has 0 aromatic heterocycles. The molecular formula is C17H22N2O4. The van der Waals surface area contributed by atoms with Gasteiger partial charge in [0.2, 0.25) is 5.91 Å². The number of hydrogen-bond donors (Lipinski definition) is 1. The van der Waals surface area contributed by atoms with E-state index in [0.717, 1.165) is 25.1 Å². The van der Waals surface area contributed by atoms with Crippen LogP contribution in [0.1, 0.15) is 42.5 Å². The van der Waals surface area contributed by atoms with E-state index in [0.29, 0.717) is 24.9 Å². The highest BCUT2D eigenvalue weighted by Crippen LogP contribution is 2.21. The summed E-state index contributed by atoms with van der Waals surface area (Å²) in [5, 5.41) is 2.76. The number of nitrogens with one attached hydrogen (secondary N) is 1. The van der Waals surface area contributed by atoms with Crippen molar-refractivity contribution in [3.63, 3.8) is 0 Å². The Morgan fingerprint density at radius 3 is 2.61 bits per heavy atom. The fourth-order valence-electron chi connectivity index (χ4n) is 2.51. The van der Waals surface area contributed by atoms with E-state index in [1.807, 2.05) is 0 Å². The quantitative estimate of drug-likeness (QED) is 0.642. The van der Waals surface area contributed by atoms with Crippen LogP contribution in [0.4, 0.5) is 5.69 Å². The summed E-state index contributed by atoms with van der Waals surface area (Å²) in [5.41, 5.74) is 1.37. The van der Waals surface area contributed by atoms with E-state index in [-0.39, 0.29) is 24.2 Å². The fourth-order valence-corrected chi connectivity index (χ4v) is 2.51. The second-order valence-electron chi connectivity index (χ2n) is 5.48. The monoisotopic (exact) mass is 318 g/mol. The average Bonchev–Trinajstić information content (AvgIpc) is 2.59. The van der Waals surface area contributed by atoms with Crippen molar-refractivity contribution in [1.82, 2.24) is 5.32 Å². The van der Waals surface area contributed by atoms with Crippen molar-refractivity contribution < 1.29 is 19.1 Å². The number of carbonyl (C=O) groups excluding carboxylic acids is 3. The van der Waals surface area contributed by atoms with Crippen LogP contribution in [0.2, 0.25) is 0 Å². The zero-order valence-corrected chi connectivity index (χ0v) is 13.3. The van der Waals surface area contributed by atoms with Crippen molar-refractivity contribution in [2.45, 2.75) is 32.1 Å². The van der Waals surface area contributed by atoms with Gasteiger partial charge in [-0.1, -0.05) is 0 Å². The third kappa shape index (κ3) is 4.81. The Morgan fingerprint density at radius 2 is 1.96 bits per heavy atom. The van der Waals surface area contributed by atoms with Crippen molar-refractivity contribution in [3.05, 3.63) is 29.8 Å². The molecule has 0 aliphatic carbocycles. The van der Waals surface area contributed by atoms with E-state index in [2.05, 4.69) is 10.1 Å². The van der Waals surface area contributed by atoms with Gasteiger partial charge in [-0.25, -0.2) is 0 Å². The summed E-state index contributed by atoms with van der Waals surface area (Å²) in [7, 11) is 1.34. The highest BCUT2D eigenvalue weighted by Gasteiger charge is 2.19. The molecule has 1 saturated heterocycles. The number of hydrogen-bond acceptors (Lipinski definition) is 4. The summed E-state index contributed by atoms with van der Waals surface area (Å²) < 4.78 is 4.54. The molecule has 0 bridgehead atoms. The average molecular weight is 318 g/mol. The van der Waals surface area contributed by atoms with Crippen molar-refractivity contribution in [2.75, 3.05) is 25.1 Å². The second-order valence-corrected chi connectivity index (χ2v) is 5.48. The molecule has 2 amide bonds. The number of ether oxygens (including phenoxy) is 1. The van der Waals surface area contributed by atoms with Crippen LogP contribution in [0.25, 0.3) is 0 Å². The van der Waals surface area contributed by atoms with Gasteiger partial charge in [-0.15, -0.1) is 0 Å². The van der Waals surface area contributed by atoms with Gasteiger partial charge >= 0.3 is 5.97 Å². The number of nitrogens with zero attached hydrogens (tertiary/aromatic N) is 1. The van der Waals surface area contributed by atoms with Gasteiger partial charge in [-0.2, -0.15) is 0 Å². The predicted molar refractivity (Wildman–Crippen MR) is 86.2 cm³/mol. The number of carbonyl (C=O) groups is 3. The van der Waals surface area contributed by atoms with Crippen LogP contribution in [0, 0.1) is 0 Å². The molecule has 1 aromatic carbocycles. The standard InChI is InChI=1S/C17H22N2O4/c1-23-16(21)6-4-11-18-17(22)13-7-9-14(10-8-13)19-12-3-2-5-15(19)20/h7-10H,2-6,11-12H2,1H3,(H,18,22). The van der Waals surface area contributed by atoms with Gasteiger partial charge in [-0.3, -0.25) is 14.4 Å². The molecule has 1 aliphatic heterocycles. The third-order valence-corrected chi connectivity index (χ3v) is 3.84. The molecule has 1 aliphatic rings. The zero-order valence-electron chi connectivity index (χ0n) is 13.3. The van der Waals surface area contributed by atoms with Gasteiger partial charge in [0.15, 0.2) is 0 Å². The highest BCUT2D eigenvalue weighted by atomic mass is 16.5. The van der Waals surface area contributed by atoms with Crippen LogP contribution in [0.3, 0.4) is 0 Å². The van der Waals surface area contributed by atoms with Gasteiger partial charge in [0.25, 0.3) is 5.91 Å². The van der Waals surface area contributed by atoms with Crippen LogP contribution in [-0.4, -0.2) is 38.0 Å². The predicted octanol–water partition coefficient (Wildman–Crippen LogP) is 1.89. The van der Waals surface area contributed by atoms with Crippen molar-refractivity contribution in [3.8, 4) is 0 Å². The molecule has 0 spiro atoms. The summed E-state index contributed by atoms with van der Waals surface area (Å²) in [6, 6.07) is 7.03. The summed E-state index contributed by atoms with van der Waals surface area (Å²) in [6.07, 6.45) is 3.36. The van der Waals surface area contributed by atoms with E-state index in [1.54, 1.807) is 29.2 Å². The molecule has 1 heterocycles. The Bertz CT molecular complexity index is 568. The van der Waals surface area contributed by atoms with Gasteiger partial charge in [-0.05, 0) is 43.5 Å². The maximum absolute atomic E-state index is 12.0. The zero-order chi connectivity index (χ0) is 16.7. The largest absolute Gasteiger partial charge is 0.469 e. The van der Waals surface area contributed by atoms with Crippen LogP contribution < -0.4 is 10.2 Å². The lowest BCUT2D eigenvalue weighted by Gasteiger charge is -2.26. The lowest BCUT2D eigenvalue weighted by atomic mass is 10.1. The molecule has 0 atom stereocenters. The molecule has 1 fully saturated rings. The van der Waals surface area contributed by atoms with Gasteiger partial charge in [0.05, 0.1) is 7.11 Å². The van der Waals surface area contributed by atoms with Gasteiger partial charge in [0.1, 0.15) is 0 Å². The number of amides is 2. The summed E-state index contributed by atoms with van der Waals surface area (Å²) in [6.45, 7) is 1.15. The molecule has 124 valence electrons. The molecular weight excluding hydrogens is 296 g/mol. The maximum Gasteiger partial charge on any atom is 0.305 e. The van der Waals surface area contributed by atoms with Gasteiger partial charge < -0.3 is 15.0 Å². The summed E-state index contributed by atoms with van der Waals surface area (Å²) >= 11 is 0. The number of anilines is 1. The molecule has 0 unspecified atom stereocenters. The van der Waals surface area contributed by atoms with Crippen molar-refractivity contribution in [2.24, 2.45) is 0 Å². The smallest absolute Gasteiger partial charge is 0.305 e. The second kappa shape index (κ2) is 8.31. The third-order valence-electron chi connectivity index (χ3n) is 3.84. The Morgan fingerprint density at radius 1 is 1.22 bits per heavy atom. The van der Waals surface area contributed by atoms with E-state index in [4.69, 9.17) is 0 Å². The van der Waals surface area contributed by atoms with E-state index >= 15 is 0 Å². The molecule has 0 radical (unpaired) electrons. The maximum atomic E-state index is 12.0. The number of rotatable bonds is 6. The van der Waals surface area contributed by atoms with E-state index < -0.39 is 0 Å². The molecule has 1 aromatic rings. The van der Waals surface area contributed by atoms with Gasteiger partial charge in [0, 0.05) is 37.2 Å². The minimum atomic E-state index is -0.283. The first-order chi connectivity index (χ1) is 11.1. The number of benzene rings is 1. The van der Waals surface area contributed by atoms with E-state index in [9.17, 15) is 14.4 Å². The van der Waals surface area contributed by atoms with Crippen LogP contribution >= 0.6 is 0 Å². The first-order valence-electron chi connectivity index (χ1n) is 7.87. The Labute approximate surface area is 135 Å². The Hall–Kier alpha value is -2.37. The Balaban J connectivity index is 1.85. The van der Waals surface area contributed by atoms with Crippen LogP contribution in [0.15, 0.2) is 24.3 Å². The molecule has 23 heavy (non-hydrogen) atoms. The normalized spacial score (nSPS) is 14.5. The van der Waals surface area contributed by atoms with Crippen molar-refractivity contribution in [1.29, 1.82) is 0 Å². The molecule has 0 saturated carbocycles. The first-order valence-corrected chi connectivity index (χ1v) is 7.87. The number of piperidine rings is 1. The SMILES string of the molecule is COC(=O)CCCNC(=O)c1ccc(N2CCCCC2=O)cc1. The molecule has 1 N–H and O–H groups in total. The first kappa shape index (κ1) is 17.0. The molecule has 6 nitrogen and oxygen atoms in total. The number of methoxy groups -OCH3 is 1. The fraction of sp³-hybridized carbons (Fsp3) is 0.471. The van der Waals surface area contributed by atoms with E-state index in [1.165, 1.54) is 7.11 Å². The minimum Gasteiger partial charge on any atom is -0.469 e. The number of esters is 1.